The van der Waals surface area contributed by atoms with Gasteiger partial charge in [-0.2, -0.15) is 5.10 Å². The van der Waals surface area contributed by atoms with E-state index in [0.717, 1.165) is 70.5 Å². The number of rotatable bonds is 7. The van der Waals surface area contributed by atoms with Crippen molar-refractivity contribution in [3.63, 3.8) is 0 Å². The molecule has 3 heterocycles. The van der Waals surface area contributed by atoms with Gasteiger partial charge in [0.25, 0.3) is 0 Å². The van der Waals surface area contributed by atoms with E-state index < -0.39 is 0 Å². The fraction of sp³-hybridized carbons (Fsp3) is 0.800. The molecule has 0 spiro atoms. The molecular formula is C20H35N5O2. The van der Waals surface area contributed by atoms with E-state index in [4.69, 9.17) is 0 Å². The van der Waals surface area contributed by atoms with Gasteiger partial charge in [0.2, 0.25) is 5.91 Å². The molecule has 0 saturated carbocycles. The van der Waals surface area contributed by atoms with E-state index in [1.807, 2.05) is 19.4 Å². The Morgan fingerprint density at radius 2 is 2.00 bits per heavy atom. The van der Waals surface area contributed by atoms with E-state index in [0.29, 0.717) is 18.4 Å². The molecule has 2 aliphatic heterocycles. The largest absolute Gasteiger partial charge is 0.396 e. The quantitative estimate of drug-likeness (QED) is 0.753. The molecule has 3 rings (SSSR count). The first-order valence-electron chi connectivity index (χ1n) is 10.4. The summed E-state index contributed by atoms with van der Waals surface area (Å²) >= 11 is 0. The summed E-state index contributed by atoms with van der Waals surface area (Å²) in [6.07, 6.45) is 8.02. The minimum absolute atomic E-state index is 0.237. The van der Waals surface area contributed by atoms with Crippen molar-refractivity contribution in [2.75, 3.05) is 52.9 Å². The molecule has 0 aromatic carbocycles. The molecule has 1 amide bonds. The Kier molecular flexibility index (Phi) is 7.26. The van der Waals surface area contributed by atoms with Crippen molar-refractivity contribution in [1.82, 2.24) is 24.5 Å². The Labute approximate surface area is 162 Å². The van der Waals surface area contributed by atoms with Gasteiger partial charge in [-0.3, -0.25) is 14.4 Å². The van der Waals surface area contributed by atoms with Crippen LogP contribution in [0, 0.1) is 5.92 Å². The molecule has 0 aliphatic carbocycles. The number of hydrogen-bond acceptors (Lipinski definition) is 5. The molecule has 7 heteroatoms. The van der Waals surface area contributed by atoms with Crippen LogP contribution in [0.4, 0.5) is 0 Å². The van der Waals surface area contributed by atoms with Crippen LogP contribution in [0.5, 0.6) is 0 Å². The Balaban J connectivity index is 1.55. The summed E-state index contributed by atoms with van der Waals surface area (Å²) in [5.41, 5.74) is 1.12. The Bertz CT molecular complexity index is 597. The van der Waals surface area contributed by atoms with E-state index in [9.17, 15) is 9.90 Å². The maximum atomic E-state index is 12.8. The highest BCUT2D eigenvalue weighted by Gasteiger charge is 2.35. The first kappa shape index (κ1) is 20.3. The SMILES string of the molecule is CN1CCN(C2CCN(C(=O)CCc3cnn(C)c3)CC2CCCO)CC1. The number of carbonyl (C=O) groups is 1. The van der Waals surface area contributed by atoms with Gasteiger partial charge < -0.3 is 14.9 Å². The second-order valence-electron chi connectivity index (χ2n) is 8.18. The minimum Gasteiger partial charge on any atom is -0.396 e. The number of likely N-dealkylation sites (tertiary alicyclic amines) is 1. The number of aryl methyl sites for hydroxylation is 2. The predicted octanol–water partition coefficient (Wildman–Crippen LogP) is 0.590. The number of hydrogen-bond donors (Lipinski definition) is 1. The zero-order valence-corrected chi connectivity index (χ0v) is 16.9. The predicted molar refractivity (Wildman–Crippen MR) is 105 cm³/mol. The van der Waals surface area contributed by atoms with Gasteiger partial charge >= 0.3 is 0 Å². The van der Waals surface area contributed by atoms with Crippen molar-refractivity contribution in [2.24, 2.45) is 13.0 Å². The van der Waals surface area contributed by atoms with Gasteiger partial charge in [-0.25, -0.2) is 0 Å². The number of aliphatic hydroxyl groups excluding tert-OH is 1. The van der Waals surface area contributed by atoms with E-state index in [-0.39, 0.29) is 12.5 Å². The molecule has 1 aromatic heterocycles. The smallest absolute Gasteiger partial charge is 0.222 e. The van der Waals surface area contributed by atoms with Gasteiger partial charge in [0.1, 0.15) is 0 Å². The summed E-state index contributed by atoms with van der Waals surface area (Å²) in [6.45, 7) is 6.41. The van der Waals surface area contributed by atoms with E-state index in [1.54, 1.807) is 4.68 Å². The number of piperazine rings is 1. The number of amides is 1. The molecular weight excluding hydrogens is 342 g/mol. The minimum atomic E-state index is 0.237. The molecule has 2 unspecified atom stereocenters. The monoisotopic (exact) mass is 377 g/mol. The number of aromatic nitrogens is 2. The first-order chi connectivity index (χ1) is 13.1. The number of likely N-dealkylation sites (N-methyl/N-ethyl adjacent to an activating group) is 1. The normalized spacial score (nSPS) is 25.1. The van der Waals surface area contributed by atoms with Crippen LogP contribution in [0.15, 0.2) is 12.4 Å². The molecule has 2 aliphatic rings. The summed E-state index contributed by atoms with van der Waals surface area (Å²) in [6, 6.07) is 0.549. The average molecular weight is 378 g/mol. The average Bonchev–Trinajstić information content (AvgIpc) is 3.10. The lowest BCUT2D eigenvalue weighted by Gasteiger charge is -2.46. The van der Waals surface area contributed by atoms with Crippen LogP contribution in [0.25, 0.3) is 0 Å². The molecule has 2 saturated heterocycles. The van der Waals surface area contributed by atoms with Gasteiger partial charge in [0.05, 0.1) is 6.20 Å². The van der Waals surface area contributed by atoms with Crippen molar-refractivity contribution in [1.29, 1.82) is 0 Å². The number of aliphatic hydroxyl groups is 1. The molecule has 2 atom stereocenters. The lowest BCUT2D eigenvalue weighted by molar-refractivity contribution is -0.134. The fourth-order valence-electron chi connectivity index (χ4n) is 4.53. The summed E-state index contributed by atoms with van der Waals surface area (Å²) in [4.78, 5) is 19.8. The molecule has 152 valence electrons. The van der Waals surface area contributed by atoms with Gasteiger partial charge in [0.15, 0.2) is 0 Å². The standard InChI is InChI=1S/C20H35N5O2/c1-22-9-11-24(12-10-22)19-7-8-25(16-18(19)4-3-13-26)20(27)6-5-17-14-21-23(2)15-17/h14-15,18-19,26H,3-13,16H2,1-2H3. The van der Waals surface area contributed by atoms with E-state index >= 15 is 0 Å². The number of nitrogens with zero attached hydrogens (tertiary/aromatic N) is 5. The Morgan fingerprint density at radius 3 is 2.67 bits per heavy atom. The van der Waals surface area contributed by atoms with Gasteiger partial charge in [-0.05, 0) is 44.2 Å². The van der Waals surface area contributed by atoms with Crippen LogP contribution in [0.2, 0.25) is 0 Å². The third-order valence-electron chi connectivity index (χ3n) is 6.17. The molecule has 27 heavy (non-hydrogen) atoms. The first-order valence-corrected chi connectivity index (χ1v) is 10.4. The second kappa shape index (κ2) is 9.66. The second-order valence-corrected chi connectivity index (χ2v) is 8.18. The zero-order valence-electron chi connectivity index (χ0n) is 16.9. The maximum Gasteiger partial charge on any atom is 0.222 e. The zero-order chi connectivity index (χ0) is 19.2. The van der Waals surface area contributed by atoms with Crippen molar-refractivity contribution in [2.45, 2.75) is 38.1 Å². The van der Waals surface area contributed by atoms with Crippen molar-refractivity contribution in [3.8, 4) is 0 Å². The molecule has 1 aromatic rings. The Hall–Kier alpha value is -1.44. The van der Waals surface area contributed by atoms with Crippen LogP contribution in [-0.4, -0.2) is 94.5 Å². The Morgan fingerprint density at radius 1 is 1.22 bits per heavy atom. The summed E-state index contributed by atoms with van der Waals surface area (Å²) in [5.74, 6) is 0.723. The van der Waals surface area contributed by atoms with Gasteiger partial charge in [-0.1, -0.05) is 0 Å². The van der Waals surface area contributed by atoms with Crippen LogP contribution < -0.4 is 0 Å². The fourth-order valence-corrected chi connectivity index (χ4v) is 4.53. The van der Waals surface area contributed by atoms with Gasteiger partial charge in [0, 0.05) is 71.6 Å². The van der Waals surface area contributed by atoms with E-state index in [2.05, 4.69) is 26.8 Å². The van der Waals surface area contributed by atoms with E-state index in [1.165, 1.54) is 0 Å². The van der Waals surface area contributed by atoms with Crippen LogP contribution in [-0.2, 0) is 18.3 Å². The third kappa shape index (κ3) is 5.53. The summed E-state index contributed by atoms with van der Waals surface area (Å²) < 4.78 is 1.78. The summed E-state index contributed by atoms with van der Waals surface area (Å²) in [7, 11) is 4.09. The molecule has 7 nitrogen and oxygen atoms in total. The molecule has 0 bridgehead atoms. The number of carbonyl (C=O) groups excluding carboxylic acids is 1. The summed E-state index contributed by atoms with van der Waals surface area (Å²) in [5, 5.41) is 13.5. The highest BCUT2D eigenvalue weighted by molar-refractivity contribution is 5.76. The van der Waals surface area contributed by atoms with Crippen LogP contribution in [0.3, 0.4) is 0 Å². The topological polar surface area (TPSA) is 64.8 Å². The van der Waals surface area contributed by atoms with Crippen LogP contribution in [0.1, 0.15) is 31.2 Å². The maximum absolute atomic E-state index is 12.8. The number of piperidine rings is 1. The van der Waals surface area contributed by atoms with Gasteiger partial charge in [-0.15, -0.1) is 0 Å². The third-order valence-corrected chi connectivity index (χ3v) is 6.17. The van der Waals surface area contributed by atoms with Crippen LogP contribution >= 0.6 is 0 Å². The highest BCUT2D eigenvalue weighted by atomic mass is 16.3. The molecule has 0 radical (unpaired) electrons. The van der Waals surface area contributed by atoms with Crippen molar-refractivity contribution >= 4 is 5.91 Å². The van der Waals surface area contributed by atoms with Crippen molar-refractivity contribution in [3.05, 3.63) is 18.0 Å². The lowest BCUT2D eigenvalue weighted by atomic mass is 9.86. The molecule has 2 fully saturated rings. The molecule has 1 N–H and O–H groups in total. The van der Waals surface area contributed by atoms with Crippen molar-refractivity contribution < 1.29 is 9.90 Å². The lowest BCUT2D eigenvalue weighted by Crippen LogP contribution is -2.56. The highest BCUT2D eigenvalue weighted by Crippen LogP contribution is 2.27.